The number of carbonyl (C=O) groups excluding carboxylic acids is 3. The van der Waals surface area contributed by atoms with Gasteiger partial charge in [-0.25, -0.2) is 9.37 Å². The molecule has 12 heteroatoms. The summed E-state index contributed by atoms with van der Waals surface area (Å²) in [7, 11) is 0. The second kappa shape index (κ2) is 13.6. The van der Waals surface area contributed by atoms with E-state index in [-0.39, 0.29) is 27.9 Å². The van der Waals surface area contributed by atoms with Crippen LogP contribution in [0.1, 0.15) is 48.8 Å². The van der Waals surface area contributed by atoms with Gasteiger partial charge in [0.2, 0.25) is 0 Å². The van der Waals surface area contributed by atoms with Crippen LogP contribution >= 0.6 is 22.9 Å². The highest BCUT2D eigenvalue weighted by Crippen LogP contribution is 2.43. The molecule has 8 rings (SSSR count). The first-order chi connectivity index (χ1) is 24.8. The zero-order chi connectivity index (χ0) is 35.1. The molecule has 0 bridgehead atoms. The molecular formula is C39H33ClFN5O4S. The quantitative estimate of drug-likeness (QED) is 0.185. The van der Waals surface area contributed by atoms with Crippen molar-refractivity contribution in [3.63, 3.8) is 0 Å². The average Bonchev–Trinajstić information content (AvgIpc) is 3.50. The first-order valence-electron chi connectivity index (χ1n) is 16.8. The molecule has 2 fully saturated rings. The molecule has 0 aliphatic carbocycles. The summed E-state index contributed by atoms with van der Waals surface area (Å²) in [5, 5.41) is 5.86. The zero-order valence-electron chi connectivity index (χ0n) is 27.5. The predicted molar refractivity (Wildman–Crippen MR) is 198 cm³/mol. The molecule has 1 spiro atoms. The Balaban J connectivity index is 0.964. The molecule has 258 valence electrons. The minimum Gasteiger partial charge on any atom is -0.381 e. The summed E-state index contributed by atoms with van der Waals surface area (Å²) < 4.78 is 19.9. The molecule has 51 heavy (non-hydrogen) atoms. The smallest absolute Gasteiger partial charge is 0.265 e. The molecule has 0 radical (unpaired) electrons. The SMILES string of the molecule is O=C(Nc1ccc(Cl)cc1F)c1cc2c(s1)-c1ccccc1N(C(=O)c1ccc(NC(=O)c3cccnc3N3CC4(CCOCC4)C3)cc1)CC2. The van der Waals surface area contributed by atoms with Gasteiger partial charge < -0.3 is 25.2 Å². The monoisotopic (exact) mass is 721 g/mol. The van der Waals surface area contributed by atoms with Gasteiger partial charge in [0.25, 0.3) is 17.7 Å². The molecule has 3 aliphatic heterocycles. The summed E-state index contributed by atoms with van der Waals surface area (Å²) in [6.07, 6.45) is 4.27. The number of amides is 3. The maximum absolute atomic E-state index is 14.4. The Kier molecular flexibility index (Phi) is 8.79. The van der Waals surface area contributed by atoms with Gasteiger partial charge in [-0.2, -0.15) is 0 Å². The third-order valence-corrected chi connectivity index (χ3v) is 11.3. The lowest BCUT2D eigenvalue weighted by atomic mass is 9.73. The number of nitrogens with zero attached hydrogens (tertiary/aromatic N) is 3. The van der Waals surface area contributed by atoms with Crippen LogP contribution in [0.2, 0.25) is 5.02 Å². The molecule has 3 aliphatic rings. The van der Waals surface area contributed by atoms with E-state index in [1.165, 1.54) is 23.5 Å². The van der Waals surface area contributed by atoms with E-state index in [1.807, 2.05) is 30.3 Å². The number of aromatic nitrogens is 1. The number of halogens is 2. The number of thiophene rings is 1. The number of pyridine rings is 1. The lowest BCUT2D eigenvalue weighted by Gasteiger charge is -2.53. The van der Waals surface area contributed by atoms with E-state index in [1.54, 1.807) is 47.5 Å². The van der Waals surface area contributed by atoms with Crippen molar-refractivity contribution in [2.45, 2.75) is 19.3 Å². The van der Waals surface area contributed by atoms with Gasteiger partial charge in [-0.15, -0.1) is 11.3 Å². The molecule has 2 saturated heterocycles. The lowest BCUT2D eigenvalue weighted by molar-refractivity contribution is -0.000510. The van der Waals surface area contributed by atoms with Gasteiger partial charge in [0.05, 0.1) is 21.8 Å². The Morgan fingerprint density at radius 1 is 0.902 bits per heavy atom. The highest BCUT2D eigenvalue weighted by atomic mass is 35.5. The maximum Gasteiger partial charge on any atom is 0.265 e. The van der Waals surface area contributed by atoms with Crippen molar-refractivity contribution < 1.29 is 23.5 Å². The molecule has 5 aromatic rings. The number of fused-ring (bicyclic) bond motifs is 3. The van der Waals surface area contributed by atoms with Crippen LogP contribution in [-0.4, -0.2) is 55.6 Å². The molecular weight excluding hydrogens is 689 g/mol. The number of para-hydroxylation sites is 1. The third kappa shape index (κ3) is 6.48. The highest BCUT2D eigenvalue weighted by Gasteiger charge is 2.45. The topological polar surface area (TPSA) is 104 Å². The van der Waals surface area contributed by atoms with Crippen LogP contribution in [0.3, 0.4) is 0 Å². The number of ether oxygens (including phenoxy) is 1. The fourth-order valence-electron chi connectivity index (χ4n) is 7.10. The molecule has 3 aromatic carbocycles. The van der Waals surface area contributed by atoms with Crippen molar-refractivity contribution in [3.05, 3.63) is 124 Å². The van der Waals surface area contributed by atoms with Crippen molar-refractivity contribution in [1.29, 1.82) is 0 Å². The number of rotatable bonds is 6. The Bertz CT molecular complexity index is 2160. The van der Waals surface area contributed by atoms with Crippen LogP contribution in [0.5, 0.6) is 0 Å². The van der Waals surface area contributed by atoms with Crippen molar-refractivity contribution in [2.24, 2.45) is 5.41 Å². The van der Waals surface area contributed by atoms with Crippen molar-refractivity contribution >= 4 is 63.5 Å². The van der Waals surface area contributed by atoms with Crippen LogP contribution in [0.25, 0.3) is 10.4 Å². The van der Waals surface area contributed by atoms with Gasteiger partial charge in [-0.1, -0.05) is 29.8 Å². The molecule has 9 nitrogen and oxygen atoms in total. The molecule has 2 aromatic heterocycles. The Hall–Kier alpha value is -5.10. The van der Waals surface area contributed by atoms with E-state index in [0.29, 0.717) is 40.5 Å². The van der Waals surface area contributed by atoms with Gasteiger partial charge in [-0.05, 0) is 91.6 Å². The fraction of sp³-hybridized carbons (Fsp3) is 0.231. The van der Waals surface area contributed by atoms with Crippen molar-refractivity contribution in [2.75, 3.05) is 53.3 Å². The molecule has 0 atom stereocenters. The van der Waals surface area contributed by atoms with Crippen LogP contribution in [0.4, 0.5) is 27.3 Å². The predicted octanol–water partition coefficient (Wildman–Crippen LogP) is 7.93. The molecule has 5 heterocycles. The second-order valence-corrected chi connectivity index (χ2v) is 14.6. The van der Waals surface area contributed by atoms with E-state index < -0.39 is 11.7 Å². The summed E-state index contributed by atoms with van der Waals surface area (Å²) in [5.41, 5.74) is 4.33. The maximum atomic E-state index is 14.4. The Morgan fingerprint density at radius 2 is 1.69 bits per heavy atom. The lowest BCUT2D eigenvalue weighted by Crippen LogP contribution is -2.59. The molecule has 0 saturated carbocycles. The second-order valence-electron chi connectivity index (χ2n) is 13.1. The van der Waals surface area contributed by atoms with Gasteiger partial charge in [0.1, 0.15) is 11.6 Å². The van der Waals surface area contributed by atoms with E-state index in [9.17, 15) is 18.8 Å². The largest absolute Gasteiger partial charge is 0.381 e. The zero-order valence-corrected chi connectivity index (χ0v) is 29.0. The molecule has 2 N–H and O–H groups in total. The Labute approximate surface area is 303 Å². The van der Waals surface area contributed by atoms with E-state index in [0.717, 1.165) is 66.9 Å². The summed E-state index contributed by atoms with van der Waals surface area (Å²) >= 11 is 7.17. The third-order valence-electron chi connectivity index (χ3n) is 9.83. The van der Waals surface area contributed by atoms with Crippen LogP contribution in [0, 0.1) is 11.2 Å². The van der Waals surface area contributed by atoms with Crippen LogP contribution in [-0.2, 0) is 11.2 Å². The highest BCUT2D eigenvalue weighted by molar-refractivity contribution is 7.17. The summed E-state index contributed by atoms with van der Waals surface area (Å²) in [5.74, 6) is -0.798. The minimum absolute atomic E-state index is 0.0489. The summed E-state index contributed by atoms with van der Waals surface area (Å²) in [4.78, 5) is 50.3. The number of benzene rings is 3. The van der Waals surface area contributed by atoms with E-state index >= 15 is 0 Å². The number of anilines is 4. The number of carbonyl (C=O) groups is 3. The number of nitrogens with one attached hydrogen (secondary N) is 2. The minimum atomic E-state index is -0.614. The normalized spacial score (nSPS) is 16.0. The fourth-order valence-corrected chi connectivity index (χ4v) is 8.40. The molecule has 3 amide bonds. The average molecular weight is 722 g/mol. The first kappa shape index (κ1) is 33.1. The van der Waals surface area contributed by atoms with E-state index in [4.69, 9.17) is 16.3 Å². The first-order valence-corrected chi connectivity index (χ1v) is 18.0. The van der Waals surface area contributed by atoms with Gasteiger partial charge >= 0.3 is 0 Å². The van der Waals surface area contributed by atoms with Crippen LogP contribution < -0.4 is 20.4 Å². The Morgan fingerprint density at radius 3 is 2.47 bits per heavy atom. The van der Waals surface area contributed by atoms with Crippen LogP contribution in [0.15, 0.2) is 91.1 Å². The van der Waals surface area contributed by atoms with Crippen molar-refractivity contribution in [3.8, 4) is 10.4 Å². The number of hydrogen-bond donors (Lipinski definition) is 2. The molecule has 0 unspecified atom stereocenters. The van der Waals surface area contributed by atoms with Gasteiger partial charge in [0, 0.05) is 71.2 Å². The van der Waals surface area contributed by atoms with Gasteiger partial charge in [0.15, 0.2) is 0 Å². The standard InChI is InChI=1S/C39H33ClFN5O4S/c40-26-9-12-31(30(41)21-26)44-37(48)33-20-25-13-17-46(32-6-2-1-4-28(32)34(25)51-33)38(49)24-7-10-27(11-8-24)43-36(47)29-5-3-16-42-35(29)45-22-39(23-45)14-18-50-19-15-39/h1-12,16,20-21H,13-15,17-19,22-23H2,(H,43,47)(H,44,48). The van der Waals surface area contributed by atoms with Crippen molar-refractivity contribution in [1.82, 2.24) is 4.98 Å². The summed E-state index contributed by atoms with van der Waals surface area (Å²) in [6, 6.07) is 24.0. The summed E-state index contributed by atoms with van der Waals surface area (Å²) in [6.45, 7) is 3.66. The van der Waals surface area contributed by atoms with E-state index in [2.05, 4.69) is 20.5 Å². The van der Waals surface area contributed by atoms with Gasteiger partial charge in [-0.3, -0.25) is 14.4 Å². The number of hydrogen-bond acceptors (Lipinski definition) is 7.